The molecular weight excluding hydrogens is 416 g/mol. The lowest BCUT2D eigenvalue weighted by molar-refractivity contribution is -0.384. The first-order valence-corrected chi connectivity index (χ1v) is 9.94. The van der Waals surface area contributed by atoms with Crippen molar-refractivity contribution in [3.63, 3.8) is 0 Å². The van der Waals surface area contributed by atoms with Crippen LogP contribution in [0.2, 0.25) is 0 Å². The van der Waals surface area contributed by atoms with E-state index in [-0.39, 0.29) is 23.7 Å². The molecule has 10 nitrogen and oxygen atoms in total. The monoisotopic (exact) mass is 436 g/mol. The van der Waals surface area contributed by atoms with Gasteiger partial charge in [-0.1, -0.05) is 35.9 Å². The molecule has 0 aromatic heterocycles. The molecule has 0 aliphatic carbocycles. The number of carbonyl (C=O) groups is 3. The molecule has 2 aromatic rings. The number of hydrogen-bond acceptors (Lipinski definition) is 8. The first-order chi connectivity index (χ1) is 15.2. The molecule has 164 valence electrons. The standard InChI is InChI=1S/C22H20N4O6/c1-4-32-20(28)18-17-19(27)25(16-11-15(26(30)31)10-7-13(16)3)21(29)22(17,24-23-18)14-8-5-12(2)6-9-14/h5-11,17,24H,4H2,1-3H3/t17-,22-/m0/s1. The topological polar surface area (TPSA) is 131 Å². The number of nitro benzene ring substituents is 1. The number of carbonyl (C=O) groups excluding carboxylic acids is 3. The van der Waals surface area contributed by atoms with Gasteiger partial charge in [0.25, 0.3) is 11.6 Å². The zero-order chi connectivity index (χ0) is 23.2. The van der Waals surface area contributed by atoms with Gasteiger partial charge in [0.2, 0.25) is 5.91 Å². The molecule has 1 N–H and O–H groups in total. The Kier molecular flexibility index (Phi) is 5.00. The average Bonchev–Trinajstić information content (AvgIpc) is 3.25. The van der Waals surface area contributed by atoms with Crippen LogP contribution in [0.1, 0.15) is 23.6 Å². The number of fused-ring (bicyclic) bond motifs is 1. The second-order valence-electron chi connectivity index (χ2n) is 7.64. The van der Waals surface area contributed by atoms with Gasteiger partial charge in [0, 0.05) is 12.1 Å². The van der Waals surface area contributed by atoms with Gasteiger partial charge in [0.1, 0.15) is 5.92 Å². The van der Waals surface area contributed by atoms with Gasteiger partial charge < -0.3 is 4.74 Å². The number of esters is 1. The van der Waals surface area contributed by atoms with E-state index < -0.39 is 34.2 Å². The van der Waals surface area contributed by atoms with Crippen LogP contribution in [0.25, 0.3) is 0 Å². The Labute approximate surface area is 183 Å². The highest BCUT2D eigenvalue weighted by Crippen LogP contribution is 2.46. The molecule has 2 aliphatic heterocycles. The van der Waals surface area contributed by atoms with Crippen molar-refractivity contribution in [1.82, 2.24) is 5.43 Å². The van der Waals surface area contributed by atoms with E-state index in [2.05, 4.69) is 10.5 Å². The number of anilines is 1. The Balaban J connectivity index is 1.90. The molecule has 1 saturated heterocycles. The molecule has 0 radical (unpaired) electrons. The van der Waals surface area contributed by atoms with Crippen LogP contribution in [0.5, 0.6) is 0 Å². The van der Waals surface area contributed by atoms with E-state index in [0.717, 1.165) is 10.5 Å². The van der Waals surface area contributed by atoms with Crippen LogP contribution in [0.3, 0.4) is 0 Å². The number of ether oxygens (including phenoxy) is 1. The van der Waals surface area contributed by atoms with Gasteiger partial charge in [-0.25, -0.2) is 9.69 Å². The lowest BCUT2D eigenvalue weighted by Crippen LogP contribution is -2.48. The Bertz CT molecular complexity index is 1190. The van der Waals surface area contributed by atoms with E-state index in [1.165, 1.54) is 18.2 Å². The summed E-state index contributed by atoms with van der Waals surface area (Å²) in [4.78, 5) is 51.6. The predicted molar refractivity (Wildman–Crippen MR) is 114 cm³/mol. The highest BCUT2D eigenvalue weighted by molar-refractivity contribution is 6.47. The van der Waals surface area contributed by atoms with E-state index in [0.29, 0.717) is 11.1 Å². The van der Waals surface area contributed by atoms with Crippen LogP contribution in [0, 0.1) is 29.9 Å². The van der Waals surface area contributed by atoms with Crippen LogP contribution in [-0.4, -0.2) is 35.0 Å². The van der Waals surface area contributed by atoms with E-state index in [1.54, 1.807) is 38.1 Å². The summed E-state index contributed by atoms with van der Waals surface area (Å²) >= 11 is 0. The molecule has 2 atom stereocenters. The highest BCUT2D eigenvalue weighted by atomic mass is 16.6. The van der Waals surface area contributed by atoms with Crippen molar-refractivity contribution in [3.05, 3.63) is 69.3 Å². The number of rotatable bonds is 5. The molecule has 32 heavy (non-hydrogen) atoms. The number of non-ortho nitro benzene ring substituents is 1. The predicted octanol–water partition coefficient (Wildman–Crippen LogP) is 2.12. The molecular formula is C22H20N4O6. The summed E-state index contributed by atoms with van der Waals surface area (Å²) in [7, 11) is 0. The third-order valence-electron chi connectivity index (χ3n) is 5.70. The normalized spacial score (nSPS) is 21.8. The van der Waals surface area contributed by atoms with Crippen molar-refractivity contribution >= 4 is 34.9 Å². The first-order valence-electron chi connectivity index (χ1n) is 9.94. The molecule has 0 bridgehead atoms. The summed E-state index contributed by atoms with van der Waals surface area (Å²) in [5.41, 5.74) is 2.56. The summed E-state index contributed by atoms with van der Waals surface area (Å²) in [5.74, 6) is -3.48. The Morgan fingerprint density at radius 2 is 1.91 bits per heavy atom. The highest BCUT2D eigenvalue weighted by Gasteiger charge is 2.67. The minimum Gasteiger partial charge on any atom is -0.461 e. The van der Waals surface area contributed by atoms with Crippen molar-refractivity contribution < 1.29 is 24.0 Å². The molecule has 2 heterocycles. The largest absolute Gasteiger partial charge is 0.461 e. The SMILES string of the molecule is CCOC(=O)C1=NN[C@]2(c3ccc(C)cc3)C(=O)N(c3cc([N+](=O)[O-])ccc3C)C(=O)[C@H]12. The van der Waals surface area contributed by atoms with Gasteiger partial charge in [-0.2, -0.15) is 5.10 Å². The fourth-order valence-corrected chi connectivity index (χ4v) is 4.08. The van der Waals surface area contributed by atoms with Gasteiger partial charge in [-0.05, 0) is 31.9 Å². The smallest absolute Gasteiger partial charge is 0.355 e. The Morgan fingerprint density at radius 3 is 2.53 bits per heavy atom. The minimum absolute atomic E-state index is 0.0674. The number of nitrogens with one attached hydrogen (secondary N) is 1. The van der Waals surface area contributed by atoms with Gasteiger partial charge in [-0.15, -0.1) is 0 Å². The number of benzene rings is 2. The lowest BCUT2D eigenvalue weighted by Gasteiger charge is -2.26. The summed E-state index contributed by atoms with van der Waals surface area (Å²) in [5, 5.41) is 15.3. The fourth-order valence-electron chi connectivity index (χ4n) is 4.08. The van der Waals surface area contributed by atoms with E-state index in [1.807, 2.05) is 6.92 Å². The van der Waals surface area contributed by atoms with E-state index >= 15 is 0 Å². The summed E-state index contributed by atoms with van der Waals surface area (Å²) in [6.07, 6.45) is 0. The second kappa shape index (κ2) is 7.56. The summed E-state index contributed by atoms with van der Waals surface area (Å²) < 4.78 is 5.05. The molecule has 2 amide bonds. The maximum Gasteiger partial charge on any atom is 0.355 e. The van der Waals surface area contributed by atoms with Crippen molar-refractivity contribution in [2.75, 3.05) is 11.5 Å². The summed E-state index contributed by atoms with van der Waals surface area (Å²) in [6, 6.07) is 10.9. The molecule has 0 spiro atoms. The minimum atomic E-state index is -1.66. The van der Waals surface area contributed by atoms with Gasteiger partial charge in [0.05, 0.1) is 17.2 Å². The van der Waals surface area contributed by atoms with Gasteiger partial charge in [0.15, 0.2) is 11.3 Å². The number of imide groups is 1. The lowest BCUT2D eigenvalue weighted by atomic mass is 9.78. The number of aryl methyl sites for hydroxylation is 2. The van der Waals surface area contributed by atoms with Crippen molar-refractivity contribution in [2.45, 2.75) is 26.3 Å². The van der Waals surface area contributed by atoms with Crippen molar-refractivity contribution in [2.24, 2.45) is 11.0 Å². The van der Waals surface area contributed by atoms with Crippen LogP contribution in [0.4, 0.5) is 11.4 Å². The third-order valence-corrected chi connectivity index (χ3v) is 5.70. The maximum absolute atomic E-state index is 13.8. The first kappa shape index (κ1) is 21.2. The number of nitrogens with zero attached hydrogens (tertiary/aromatic N) is 3. The molecule has 2 aromatic carbocycles. The van der Waals surface area contributed by atoms with Crippen LogP contribution < -0.4 is 10.3 Å². The third kappa shape index (κ3) is 2.95. The van der Waals surface area contributed by atoms with E-state index in [9.17, 15) is 24.5 Å². The molecule has 0 saturated carbocycles. The molecule has 1 fully saturated rings. The Morgan fingerprint density at radius 1 is 1.22 bits per heavy atom. The van der Waals surface area contributed by atoms with Crippen molar-refractivity contribution in [3.8, 4) is 0 Å². The zero-order valence-electron chi connectivity index (χ0n) is 17.6. The molecule has 4 rings (SSSR count). The number of hydrazone groups is 1. The molecule has 0 unspecified atom stereocenters. The summed E-state index contributed by atoms with van der Waals surface area (Å²) in [6.45, 7) is 5.20. The quantitative estimate of drug-likeness (QED) is 0.329. The molecule has 2 aliphatic rings. The second-order valence-corrected chi connectivity index (χ2v) is 7.64. The van der Waals surface area contributed by atoms with Crippen molar-refractivity contribution in [1.29, 1.82) is 0 Å². The van der Waals surface area contributed by atoms with Crippen LogP contribution in [0.15, 0.2) is 47.6 Å². The number of nitro groups is 1. The maximum atomic E-state index is 13.8. The number of hydrogen-bond donors (Lipinski definition) is 1. The molecule has 10 heteroatoms. The zero-order valence-corrected chi connectivity index (χ0v) is 17.6. The van der Waals surface area contributed by atoms with Crippen LogP contribution >= 0.6 is 0 Å². The Hall–Kier alpha value is -4.08. The van der Waals surface area contributed by atoms with Gasteiger partial charge in [-0.3, -0.25) is 25.1 Å². The fraction of sp³-hybridized carbons (Fsp3) is 0.273. The van der Waals surface area contributed by atoms with Gasteiger partial charge >= 0.3 is 5.97 Å². The van der Waals surface area contributed by atoms with Crippen LogP contribution in [-0.2, 0) is 24.7 Å². The van der Waals surface area contributed by atoms with E-state index in [4.69, 9.17) is 4.74 Å². The average molecular weight is 436 g/mol. The number of amides is 2.